The number of aryl methyl sites for hydroxylation is 3. The van der Waals surface area contributed by atoms with Crippen LogP contribution in [0, 0.1) is 20.8 Å². The molecule has 0 saturated carbocycles. The number of rotatable bonds is 1. The molecule has 0 bridgehead atoms. The Morgan fingerprint density at radius 2 is 1.50 bits per heavy atom. The van der Waals surface area contributed by atoms with Gasteiger partial charge in [0, 0.05) is 0 Å². The van der Waals surface area contributed by atoms with E-state index in [2.05, 4.69) is 52.4 Å². The van der Waals surface area contributed by atoms with E-state index in [0.717, 1.165) is 0 Å². The first-order valence-electron chi connectivity index (χ1n) is 3.65. The van der Waals surface area contributed by atoms with Gasteiger partial charge in [0.15, 0.2) is 0 Å². The summed E-state index contributed by atoms with van der Waals surface area (Å²) in [6.45, 7) is 6.59. The first-order valence-corrected chi connectivity index (χ1v) is 8.72. The molecule has 1 aromatic carbocycles. The minimum atomic E-state index is 0. The summed E-state index contributed by atoms with van der Waals surface area (Å²) in [7, 11) is 0. The SMILES string of the molecule is Cc1cc(C)c([Se][Mg+])c(C)c1.[Br-]. The molecule has 0 spiro atoms. The van der Waals surface area contributed by atoms with E-state index in [1.807, 2.05) is 0 Å². The molecule has 0 amide bonds. The summed E-state index contributed by atoms with van der Waals surface area (Å²) in [4.78, 5) is 0. The van der Waals surface area contributed by atoms with Gasteiger partial charge in [0.25, 0.3) is 0 Å². The Morgan fingerprint density at radius 1 is 1.08 bits per heavy atom. The Kier molecular flexibility index (Phi) is 6.13. The third-order valence-corrected chi connectivity index (χ3v) is 5.21. The second-order valence-electron chi connectivity index (χ2n) is 2.87. The maximum atomic E-state index is 2.28. The van der Waals surface area contributed by atoms with Crippen LogP contribution in [0.4, 0.5) is 0 Å². The summed E-state index contributed by atoms with van der Waals surface area (Å²) >= 11 is 2.76. The fraction of sp³-hybridized carbons (Fsp3) is 0.333. The smallest absolute Gasteiger partial charge is 1.00 e. The van der Waals surface area contributed by atoms with Gasteiger partial charge in [-0.15, -0.1) is 0 Å². The fourth-order valence-electron chi connectivity index (χ4n) is 1.39. The van der Waals surface area contributed by atoms with E-state index in [1.165, 1.54) is 16.7 Å². The van der Waals surface area contributed by atoms with Crippen molar-refractivity contribution < 1.29 is 17.0 Å². The fourth-order valence-corrected chi connectivity index (χ4v) is 4.96. The quantitative estimate of drug-likeness (QED) is 0.528. The van der Waals surface area contributed by atoms with Gasteiger partial charge in [0.1, 0.15) is 0 Å². The predicted molar refractivity (Wildman–Crippen MR) is 51.8 cm³/mol. The molecule has 0 aliphatic carbocycles. The first-order chi connectivity index (χ1) is 5.15. The van der Waals surface area contributed by atoms with E-state index in [1.54, 1.807) is 4.46 Å². The average molecular weight is 302 g/mol. The third kappa shape index (κ3) is 3.04. The molecule has 0 radical (unpaired) electrons. The maximum Gasteiger partial charge on any atom is -1.00 e. The van der Waals surface area contributed by atoms with Crippen LogP contribution in [0.5, 0.6) is 0 Å². The second-order valence-corrected chi connectivity index (χ2v) is 5.83. The van der Waals surface area contributed by atoms with E-state index in [0.29, 0.717) is 11.9 Å². The van der Waals surface area contributed by atoms with Crippen LogP contribution in [0.3, 0.4) is 0 Å². The van der Waals surface area contributed by atoms with Crippen molar-refractivity contribution in [2.24, 2.45) is 0 Å². The van der Waals surface area contributed by atoms with Crippen LogP contribution in [0.2, 0.25) is 0 Å². The molecule has 12 heavy (non-hydrogen) atoms. The number of benzene rings is 1. The zero-order chi connectivity index (χ0) is 8.43. The molecule has 0 atom stereocenters. The molecule has 0 heterocycles. The normalized spacial score (nSPS) is 9.42. The largest absolute Gasteiger partial charge is 1.00 e. The van der Waals surface area contributed by atoms with E-state index < -0.39 is 0 Å². The minimum absolute atomic E-state index is 0. The van der Waals surface area contributed by atoms with Crippen LogP contribution in [0.15, 0.2) is 12.1 Å². The van der Waals surface area contributed by atoms with E-state index in [-0.39, 0.29) is 17.0 Å². The molecule has 0 aliphatic rings. The Labute approximate surface area is 102 Å². The van der Waals surface area contributed by atoms with E-state index >= 15 is 0 Å². The predicted octanol–water partition coefficient (Wildman–Crippen LogP) is -1.97. The molecular weight excluding hydrogens is 291 g/mol. The van der Waals surface area contributed by atoms with Crippen LogP contribution >= 0.6 is 0 Å². The summed E-state index contributed by atoms with van der Waals surface area (Å²) in [5.41, 5.74) is 4.33. The van der Waals surface area contributed by atoms with Crippen LogP contribution in [0.1, 0.15) is 16.7 Å². The summed E-state index contributed by atoms with van der Waals surface area (Å²) < 4.78 is 1.58. The Balaban J connectivity index is 0.00000121. The zero-order valence-corrected chi connectivity index (χ0v) is 12.4. The molecule has 1 aromatic rings. The Hall–Kier alpha value is 0.986. The molecule has 0 saturated heterocycles. The molecule has 0 fully saturated rings. The van der Waals surface area contributed by atoms with Crippen LogP contribution in [-0.4, -0.2) is 31.4 Å². The molecule has 0 N–H and O–H groups in total. The molecule has 0 unspecified atom stereocenters. The third-order valence-electron chi connectivity index (χ3n) is 1.75. The van der Waals surface area contributed by atoms with Crippen molar-refractivity contribution in [2.75, 3.05) is 0 Å². The van der Waals surface area contributed by atoms with E-state index in [9.17, 15) is 0 Å². The molecule has 0 nitrogen and oxygen atoms in total. The monoisotopic (exact) mass is 302 g/mol. The first kappa shape index (κ1) is 13.0. The van der Waals surface area contributed by atoms with Gasteiger partial charge in [-0.25, -0.2) is 0 Å². The maximum absolute atomic E-state index is 2.28. The van der Waals surface area contributed by atoms with E-state index in [4.69, 9.17) is 0 Å². The van der Waals surface area contributed by atoms with Gasteiger partial charge >= 0.3 is 85.5 Å². The van der Waals surface area contributed by atoms with Crippen LogP contribution < -0.4 is 21.4 Å². The number of halogens is 1. The van der Waals surface area contributed by atoms with Crippen molar-refractivity contribution in [2.45, 2.75) is 20.8 Å². The van der Waals surface area contributed by atoms with Crippen molar-refractivity contribution in [3.8, 4) is 0 Å². The molecule has 0 aromatic heterocycles. The molecule has 1 rings (SSSR count). The van der Waals surface area contributed by atoms with Crippen LogP contribution in [0.25, 0.3) is 0 Å². The van der Waals surface area contributed by atoms with Gasteiger partial charge in [0.2, 0.25) is 0 Å². The summed E-state index contributed by atoms with van der Waals surface area (Å²) in [6, 6.07) is 4.55. The molecule has 3 heteroatoms. The number of hydrogen-bond acceptors (Lipinski definition) is 0. The number of hydrogen-bond donors (Lipinski definition) is 0. The van der Waals surface area contributed by atoms with Gasteiger partial charge in [0.05, 0.1) is 0 Å². The van der Waals surface area contributed by atoms with Gasteiger partial charge in [-0.2, -0.15) is 0 Å². The topological polar surface area (TPSA) is 0 Å². The zero-order valence-electron chi connectivity index (χ0n) is 7.65. The summed E-state index contributed by atoms with van der Waals surface area (Å²) in [6.07, 6.45) is 0. The summed E-state index contributed by atoms with van der Waals surface area (Å²) in [5.74, 6) is 0. The van der Waals surface area contributed by atoms with Crippen molar-refractivity contribution in [1.29, 1.82) is 0 Å². The molecular formula is C9H11BrMgSe. The average Bonchev–Trinajstić information content (AvgIpc) is 1.85. The standard InChI is InChI=1S/C9H12Se.BrH.Mg/c1-6-4-7(2)9(10)8(3)5-6;;/h4-5,10H,1-3H3;1H;/q;;+2/p-2. The van der Waals surface area contributed by atoms with Gasteiger partial charge in [-0.05, 0) is 0 Å². The van der Waals surface area contributed by atoms with Crippen molar-refractivity contribution in [3.05, 3.63) is 28.8 Å². The van der Waals surface area contributed by atoms with Crippen molar-refractivity contribution >= 4 is 35.9 Å². The van der Waals surface area contributed by atoms with Crippen molar-refractivity contribution in [1.82, 2.24) is 0 Å². The minimum Gasteiger partial charge on any atom is -1.00 e. The Morgan fingerprint density at radius 3 is 1.83 bits per heavy atom. The second kappa shape index (κ2) is 5.66. The molecule has 0 aliphatic heterocycles. The van der Waals surface area contributed by atoms with Gasteiger partial charge in [-0.1, -0.05) is 0 Å². The van der Waals surface area contributed by atoms with Gasteiger partial charge < -0.3 is 17.0 Å². The Bertz CT molecular complexity index is 250. The van der Waals surface area contributed by atoms with Crippen molar-refractivity contribution in [3.63, 3.8) is 0 Å². The molecule has 62 valence electrons. The summed E-state index contributed by atoms with van der Waals surface area (Å²) in [5, 5.41) is 0. The van der Waals surface area contributed by atoms with Crippen LogP contribution in [-0.2, 0) is 0 Å². The van der Waals surface area contributed by atoms with Gasteiger partial charge in [-0.3, -0.25) is 0 Å².